The quantitative estimate of drug-likeness (QED) is 0.908. The summed E-state index contributed by atoms with van der Waals surface area (Å²) in [5.74, 6) is -0.162. The minimum Gasteiger partial charge on any atom is -0.490 e. The van der Waals surface area contributed by atoms with Gasteiger partial charge in [0.2, 0.25) is 0 Å². The maximum Gasteiger partial charge on any atom is 0.335 e. The second kappa shape index (κ2) is 6.06. The zero-order valence-corrected chi connectivity index (χ0v) is 11.4. The fourth-order valence-electron chi connectivity index (χ4n) is 2.57. The van der Waals surface area contributed by atoms with Gasteiger partial charge in [-0.2, -0.15) is 0 Å². The molecule has 4 heteroatoms. The van der Waals surface area contributed by atoms with Gasteiger partial charge in [0.1, 0.15) is 11.9 Å². The second-order valence-electron chi connectivity index (χ2n) is 5.05. The highest BCUT2D eigenvalue weighted by molar-refractivity contribution is 5.89. The summed E-state index contributed by atoms with van der Waals surface area (Å²) in [7, 11) is 1.73. The van der Waals surface area contributed by atoms with Crippen LogP contribution in [0.1, 0.15) is 41.6 Å². The number of ether oxygens (including phenoxy) is 2. The number of aromatic carboxylic acids is 1. The van der Waals surface area contributed by atoms with Gasteiger partial charge >= 0.3 is 5.97 Å². The maximum atomic E-state index is 10.9. The highest BCUT2D eigenvalue weighted by Crippen LogP contribution is 2.26. The van der Waals surface area contributed by atoms with Crippen LogP contribution >= 0.6 is 0 Å². The van der Waals surface area contributed by atoms with Gasteiger partial charge < -0.3 is 14.6 Å². The number of hydrogen-bond acceptors (Lipinski definition) is 3. The number of rotatable bonds is 4. The predicted octanol–water partition coefficient (Wildman–Crippen LogP) is 3.03. The van der Waals surface area contributed by atoms with E-state index in [1.54, 1.807) is 32.2 Å². The van der Waals surface area contributed by atoms with Crippen LogP contribution < -0.4 is 4.74 Å². The molecule has 0 heterocycles. The average Bonchev–Trinajstić information content (AvgIpc) is 2.38. The summed E-state index contributed by atoms with van der Waals surface area (Å²) in [4.78, 5) is 10.9. The van der Waals surface area contributed by atoms with Crippen molar-refractivity contribution < 1.29 is 19.4 Å². The Bertz CT molecular complexity index is 455. The first-order valence-electron chi connectivity index (χ1n) is 6.63. The molecule has 1 aliphatic carbocycles. The molecule has 1 N–H and O–H groups in total. The molecule has 0 aromatic heterocycles. The molecule has 0 aliphatic heterocycles. The van der Waals surface area contributed by atoms with Crippen molar-refractivity contribution in [3.8, 4) is 5.75 Å². The van der Waals surface area contributed by atoms with E-state index in [2.05, 4.69) is 0 Å². The second-order valence-corrected chi connectivity index (χ2v) is 5.05. The third kappa shape index (κ3) is 3.47. The summed E-state index contributed by atoms with van der Waals surface area (Å²) < 4.78 is 11.3. The molecule has 0 spiro atoms. The van der Waals surface area contributed by atoms with Crippen molar-refractivity contribution >= 4 is 5.97 Å². The van der Waals surface area contributed by atoms with E-state index in [1.165, 1.54) is 0 Å². The molecule has 1 aliphatic rings. The van der Waals surface area contributed by atoms with E-state index in [0.717, 1.165) is 37.0 Å². The lowest BCUT2D eigenvalue weighted by Crippen LogP contribution is -2.29. The summed E-state index contributed by atoms with van der Waals surface area (Å²) in [6.45, 7) is 1.79. The van der Waals surface area contributed by atoms with Crippen LogP contribution in [0.5, 0.6) is 5.75 Å². The highest BCUT2D eigenvalue weighted by atomic mass is 16.5. The summed E-state index contributed by atoms with van der Waals surface area (Å²) in [6.07, 6.45) is 4.56. The van der Waals surface area contributed by atoms with Gasteiger partial charge in [-0.05, 0) is 49.9 Å². The molecule has 0 saturated heterocycles. The Hall–Kier alpha value is -1.55. The zero-order valence-electron chi connectivity index (χ0n) is 11.4. The molecule has 0 bridgehead atoms. The average molecular weight is 264 g/mol. The van der Waals surface area contributed by atoms with E-state index in [-0.39, 0.29) is 12.2 Å². The summed E-state index contributed by atoms with van der Waals surface area (Å²) in [5.41, 5.74) is 1.05. The Kier molecular flexibility index (Phi) is 4.43. The number of hydrogen-bond donors (Lipinski definition) is 1. The van der Waals surface area contributed by atoms with Crippen LogP contribution in [-0.4, -0.2) is 30.4 Å². The number of carboxylic acids is 1. The lowest BCUT2D eigenvalue weighted by molar-refractivity contribution is 0.0209. The first kappa shape index (κ1) is 13.9. The van der Waals surface area contributed by atoms with E-state index in [0.29, 0.717) is 5.56 Å². The van der Waals surface area contributed by atoms with E-state index in [4.69, 9.17) is 14.6 Å². The zero-order chi connectivity index (χ0) is 13.8. The Morgan fingerprint density at radius 2 is 2.05 bits per heavy atom. The molecule has 1 aromatic rings. The number of benzene rings is 1. The van der Waals surface area contributed by atoms with Crippen molar-refractivity contribution in [3.63, 3.8) is 0 Å². The van der Waals surface area contributed by atoms with Crippen LogP contribution in [0.25, 0.3) is 0 Å². The molecular weight excluding hydrogens is 244 g/mol. The van der Waals surface area contributed by atoms with Gasteiger partial charge in [-0.15, -0.1) is 0 Å². The van der Waals surface area contributed by atoms with Gasteiger partial charge in [-0.3, -0.25) is 0 Å². The first-order valence-corrected chi connectivity index (χ1v) is 6.63. The molecule has 2 unspecified atom stereocenters. The van der Waals surface area contributed by atoms with Gasteiger partial charge in [0.05, 0.1) is 11.7 Å². The van der Waals surface area contributed by atoms with E-state index in [1.807, 2.05) is 0 Å². The topological polar surface area (TPSA) is 55.8 Å². The van der Waals surface area contributed by atoms with Crippen LogP contribution in [0, 0.1) is 6.92 Å². The van der Waals surface area contributed by atoms with Crippen LogP contribution in [0.2, 0.25) is 0 Å². The van der Waals surface area contributed by atoms with E-state index >= 15 is 0 Å². The standard InChI is InChI=1S/C15H20O4/c1-10-8-13(6-7-14(10)15(16)17)19-12-5-3-4-11(9-12)18-2/h6-8,11-12H,3-5,9H2,1-2H3,(H,16,17). The summed E-state index contributed by atoms with van der Waals surface area (Å²) in [5, 5.41) is 8.99. The minimum absolute atomic E-state index is 0.161. The predicted molar refractivity (Wildman–Crippen MR) is 71.8 cm³/mol. The van der Waals surface area contributed by atoms with Crippen molar-refractivity contribution in [2.75, 3.05) is 7.11 Å². The van der Waals surface area contributed by atoms with Crippen LogP contribution in [0.4, 0.5) is 0 Å². The lowest BCUT2D eigenvalue weighted by Gasteiger charge is -2.28. The van der Waals surface area contributed by atoms with E-state index in [9.17, 15) is 4.79 Å². The molecule has 1 saturated carbocycles. The van der Waals surface area contributed by atoms with Crippen LogP contribution in [-0.2, 0) is 4.74 Å². The number of carbonyl (C=O) groups is 1. The van der Waals surface area contributed by atoms with Gasteiger partial charge in [0.25, 0.3) is 0 Å². The Morgan fingerprint density at radius 3 is 2.68 bits per heavy atom. The maximum absolute atomic E-state index is 10.9. The third-order valence-corrected chi connectivity index (χ3v) is 3.64. The Morgan fingerprint density at radius 1 is 1.32 bits per heavy atom. The molecule has 104 valence electrons. The van der Waals surface area contributed by atoms with Crippen molar-refractivity contribution in [2.45, 2.75) is 44.8 Å². The molecule has 2 rings (SSSR count). The number of carboxylic acid groups (broad SMARTS) is 1. The summed E-state index contributed by atoms with van der Waals surface area (Å²) >= 11 is 0. The Balaban J connectivity index is 2.03. The van der Waals surface area contributed by atoms with Crippen LogP contribution in [0.3, 0.4) is 0 Å². The number of aryl methyl sites for hydroxylation is 1. The molecule has 19 heavy (non-hydrogen) atoms. The lowest BCUT2D eigenvalue weighted by atomic mass is 9.95. The molecule has 0 radical (unpaired) electrons. The molecular formula is C15H20O4. The van der Waals surface area contributed by atoms with Crippen molar-refractivity contribution in [1.29, 1.82) is 0 Å². The largest absolute Gasteiger partial charge is 0.490 e. The van der Waals surface area contributed by atoms with Gasteiger partial charge in [-0.25, -0.2) is 4.79 Å². The highest BCUT2D eigenvalue weighted by Gasteiger charge is 2.23. The smallest absolute Gasteiger partial charge is 0.335 e. The normalized spacial score (nSPS) is 23.1. The van der Waals surface area contributed by atoms with Crippen molar-refractivity contribution in [2.24, 2.45) is 0 Å². The van der Waals surface area contributed by atoms with Gasteiger partial charge in [0.15, 0.2) is 0 Å². The van der Waals surface area contributed by atoms with Crippen molar-refractivity contribution in [3.05, 3.63) is 29.3 Å². The third-order valence-electron chi connectivity index (χ3n) is 3.64. The van der Waals surface area contributed by atoms with E-state index < -0.39 is 5.97 Å². The molecule has 0 amide bonds. The van der Waals surface area contributed by atoms with Gasteiger partial charge in [0, 0.05) is 13.5 Å². The monoisotopic (exact) mass is 264 g/mol. The molecule has 4 nitrogen and oxygen atoms in total. The fraction of sp³-hybridized carbons (Fsp3) is 0.533. The summed E-state index contributed by atoms with van der Waals surface area (Å²) in [6, 6.07) is 5.12. The molecule has 1 aromatic carbocycles. The SMILES string of the molecule is COC1CCCC(Oc2ccc(C(=O)O)c(C)c2)C1. The van der Waals surface area contributed by atoms with Gasteiger partial charge in [-0.1, -0.05) is 0 Å². The minimum atomic E-state index is -0.902. The molecule has 1 fully saturated rings. The van der Waals surface area contributed by atoms with Crippen molar-refractivity contribution in [1.82, 2.24) is 0 Å². The van der Waals surface area contributed by atoms with Crippen LogP contribution in [0.15, 0.2) is 18.2 Å². The Labute approximate surface area is 113 Å². The number of methoxy groups -OCH3 is 1. The fourth-order valence-corrected chi connectivity index (χ4v) is 2.57. The molecule has 2 atom stereocenters. The first-order chi connectivity index (χ1) is 9.10.